The smallest absolute Gasteiger partial charge is 0.315 e. The number of anilines is 1. The van der Waals surface area contributed by atoms with Crippen molar-refractivity contribution in [1.29, 1.82) is 0 Å². The monoisotopic (exact) mass is 256 g/mol. The summed E-state index contributed by atoms with van der Waals surface area (Å²) in [6.45, 7) is 7.67. The Balaban J connectivity index is 2.14. The van der Waals surface area contributed by atoms with Crippen molar-refractivity contribution in [2.45, 2.75) is 45.8 Å². The van der Waals surface area contributed by atoms with Crippen LogP contribution in [0, 0.1) is 0 Å². The van der Waals surface area contributed by atoms with E-state index >= 15 is 0 Å². The van der Waals surface area contributed by atoms with E-state index in [1.54, 1.807) is 0 Å². The van der Waals surface area contributed by atoms with Gasteiger partial charge < -0.3 is 19.8 Å². The van der Waals surface area contributed by atoms with Gasteiger partial charge >= 0.3 is 6.01 Å². The molecule has 0 bridgehead atoms. The summed E-state index contributed by atoms with van der Waals surface area (Å²) in [6.07, 6.45) is 2.35. The van der Waals surface area contributed by atoms with Crippen molar-refractivity contribution < 1.29 is 9.15 Å². The second-order valence-corrected chi connectivity index (χ2v) is 4.51. The zero-order valence-electron chi connectivity index (χ0n) is 11.7. The molecule has 0 saturated heterocycles. The van der Waals surface area contributed by atoms with E-state index in [0.29, 0.717) is 18.0 Å². The van der Waals surface area contributed by atoms with Gasteiger partial charge in [-0.15, -0.1) is 5.10 Å². The van der Waals surface area contributed by atoms with Crippen LogP contribution in [0.1, 0.15) is 45.5 Å². The van der Waals surface area contributed by atoms with E-state index in [-0.39, 0.29) is 6.04 Å². The van der Waals surface area contributed by atoms with Gasteiger partial charge in [0.25, 0.3) is 0 Å². The molecule has 1 heterocycles. The van der Waals surface area contributed by atoms with Gasteiger partial charge in [0.2, 0.25) is 5.89 Å². The highest BCUT2D eigenvalue weighted by atomic mass is 16.5. The second kappa shape index (κ2) is 8.05. The molecule has 0 spiro atoms. The van der Waals surface area contributed by atoms with Crippen LogP contribution in [0.15, 0.2) is 4.42 Å². The summed E-state index contributed by atoms with van der Waals surface area (Å²) in [4.78, 5) is 0. The number of nitrogens with one attached hydrogen (secondary N) is 2. The van der Waals surface area contributed by atoms with E-state index in [4.69, 9.17) is 9.15 Å². The Kier molecular flexibility index (Phi) is 6.67. The number of hydrogen-bond acceptors (Lipinski definition) is 6. The first-order valence-electron chi connectivity index (χ1n) is 6.49. The lowest BCUT2D eigenvalue weighted by molar-refractivity contribution is 0.0765. The highest BCUT2D eigenvalue weighted by molar-refractivity contribution is 5.16. The average Bonchev–Trinajstić information content (AvgIpc) is 2.81. The van der Waals surface area contributed by atoms with Crippen molar-refractivity contribution in [2.24, 2.45) is 0 Å². The largest absolute Gasteiger partial charge is 0.406 e. The minimum Gasteiger partial charge on any atom is -0.406 e. The molecule has 0 aliphatic heterocycles. The van der Waals surface area contributed by atoms with E-state index in [2.05, 4.69) is 20.8 Å². The number of unbranched alkanes of at least 4 members (excludes halogenated alkanes) is 1. The fourth-order valence-corrected chi connectivity index (χ4v) is 1.35. The molecule has 1 atom stereocenters. The summed E-state index contributed by atoms with van der Waals surface area (Å²) in [5, 5.41) is 14.0. The Labute approximate surface area is 108 Å². The SMILES string of the molecule is CNC(C)c1nnc(NCCCCOC(C)C)o1. The summed E-state index contributed by atoms with van der Waals surface area (Å²) in [6, 6.07) is 0.560. The Morgan fingerprint density at radius 1 is 1.22 bits per heavy atom. The van der Waals surface area contributed by atoms with E-state index in [9.17, 15) is 0 Å². The minimum atomic E-state index is 0.0764. The third-order valence-electron chi connectivity index (χ3n) is 2.54. The molecule has 6 nitrogen and oxygen atoms in total. The van der Waals surface area contributed by atoms with Gasteiger partial charge in [-0.1, -0.05) is 5.10 Å². The number of rotatable bonds is 9. The quantitative estimate of drug-likeness (QED) is 0.658. The standard InChI is InChI=1S/C12H24N4O2/c1-9(2)17-8-6-5-7-14-12-16-15-11(18-12)10(3)13-4/h9-10,13H,5-8H2,1-4H3,(H,14,16). The third-order valence-corrected chi connectivity index (χ3v) is 2.54. The van der Waals surface area contributed by atoms with Crippen molar-refractivity contribution in [3.63, 3.8) is 0 Å². The predicted octanol–water partition coefficient (Wildman–Crippen LogP) is 1.97. The van der Waals surface area contributed by atoms with Crippen LogP contribution >= 0.6 is 0 Å². The molecule has 104 valence electrons. The molecule has 0 aliphatic carbocycles. The van der Waals surface area contributed by atoms with Gasteiger partial charge in [0.15, 0.2) is 0 Å². The molecule has 1 aromatic heterocycles. The first-order valence-corrected chi connectivity index (χ1v) is 6.49. The summed E-state index contributed by atoms with van der Waals surface area (Å²) < 4.78 is 10.9. The topological polar surface area (TPSA) is 72.2 Å². The van der Waals surface area contributed by atoms with Gasteiger partial charge in [0.1, 0.15) is 0 Å². The molecule has 2 N–H and O–H groups in total. The summed E-state index contributed by atoms with van der Waals surface area (Å²) in [7, 11) is 1.86. The van der Waals surface area contributed by atoms with Gasteiger partial charge in [-0.2, -0.15) is 0 Å². The zero-order chi connectivity index (χ0) is 13.4. The highest BCUT2D eigenvalue weighted by Crippen LogP contribution is 2.12. The fourth-order valence-electron chi connectivity index (χ4n) is 1.35. The molecule has 18 heavy (non-hydrogen) atoms. The summed E-state index contributed by atoms with van der Waals surface area (Å²) in [5.41, 5.74) is 0. The summed E-state index contributed by atoms with van der Waals surface area (Å²) >= 11 is 0. The van der Waals surface area contributed by atoms with E-state index in [1.807, 2.05) is 27.8 Å². The van der Waals surface area contributed by atoms with Crippen LogP contribution in [0.2, 0.25) is 0 Å². The number of nitrogens with zero attached hydrogens (tertiary/aromatic N) is 2. The highest BCUT2D eigenvalue weighted by Gasteiger charge is 2.11. The lowest BCUT2D eigenvalue weighted by Crippen LogP contribution is -2.12. The van der Waals surface area contributed by atoms with Gasteiger partial charge in [-0.05, 0) is 40.7 Å². The van der Waals surface area contributed by atoms with Crippen molar-refractivity contribution in [2.75, 3.05) is 25.5 Å². The molecule has 0 aliphatic rings. The lowest BCUT2D eigenvalue weighted by Gasteiger charge is -2.07. The molecule has 0 amide bonds. The molecule has 0 aromatic carbocycles. The van der Waals surface area contributed by atoms with Gasteiger partial charge in [0, 0.05) is 13.2 Å². The van der Waals surface area contributed by atoms with Crippen LogP contribution in [0.4, 0.5) is 6.01 Å². The van der Waals surface area contributed by atoms with E-state index in [0.717, 1.165) is 26.0 Å². The predicted molar refractivity (Wildman–Crippen MR) is 70.6 cm³/mol. The maximum atomic E-state index is 5.46. The normalized spacial score (nSPS) is 12.9. The molecule has 1 aromatic rings. The Hall–Kier alpha value is -1.14. The van der Waals surface area contributed by atoms with Crippen molar-refractivity contribution >= 4 is 6.01 Å². The van der Waals surface area contributed by atoms with Gasteiger partial charge in [0.05, 0.1) is 12.1 Å². The first-order chi connectivity index (χ1) is 8.63. The molecule has 1 unspecified atom stereocenters. The Bertz CT molecular complexity index is 328. The molecule has 0 saturated carbocycles. The molecule has 1 rings (SSSR count). The van der Waals surface area contributed by atoms with Crippen LogP contribution in [0.3, 0.4) is 0 Å². The van der Waals surface area contributed by atoms with Crippen LogP contribution in [-0.4, -0.2) is 36.5 Å². The van der Waals surface area contributed by atoms with Crippen LogP contribution in [0.5, 0.6) is 0 Å². The zero-order valence-corrected chi connectivity index (χ0v) is 11.7. The van der Waals surface area contributed by atoms with Crippen LogP contribution < -0.4 is 10.6 Å². The second-order valence-electron chi connectivity index (χ2n) is 4.51. The van der Waals surface area contributed by atoms with Gasteiger partial charge in [-0.3, -0.25) is 0 Å². The average molecular weight is 256 g/mol. The Morgan fingerprint density at radius 3 is 2.67 bits per heavy atom. The maximum Gasteiger partial charge on any atom is 0.315 e. The fraction of sp³-hybridized carbons (Fsp3) is 0.833. The van der Waals surface area contributed by atoms with Crippen molar-refractivity contribution in [3.8, 4) is 0 Å². The van der Waals surface area contributed by atoms with Gasteiger partial charge in [-0.25, -0.2) is 0 Å². The van der Waals surface area contributed by atoms with Crippen LogP contribution in [-0.2, 0) is 4.74 Å². The third kappa shape index (κ3) is 5.46. The minimum absolute atomic E-state index is 0.0764. The van der Waals surface area contributed by atoms with E-state index in [1.165, 1.54) is 0 Å². The van der Waals surface area contributed by atoms with Crippen LogP contribution in [0.25, 0.3) is 0 Å². The summed E-state index contributed by atoms with van der Waals surface area (Å²) in [5.74, 6) is 0.600. The van der Waals surface area contributed by atoms with E-state index < -0.39 is 0 Å². The molecule has 0 fully saturated rings. The molecule has 0 radical (unpaired) electrons. The molecular formula is C12H24N4O2. The molecular weight excluding hydrogens is 232 g/mol. The number of ether oxygens (including phenoxy) is 1. The lowest BCUT2D eigenvalue weighted by atomic mass is 10.3. The molecule has 6 heteroatoms. The number of aromatic nitrogens is 2. The maximum absolute atomic E-state index is 5.46. The van der Waals surface area contributed by atoms with Crippen molar-refractivity contribution in [1.82, 2.24) is 15.5 Å². The van der Waals surface area contributed by atoms with Crippen molar-refractivity contribution in [3.05, 3.63) is 5.89 Å². The number of hydrogen-bond donors (Lipinski definition) is 2. The first kappa shape index (κ1) is 14.9. The Morgan fingerprint density at radius 2 is 2.00 bits per heavy atom.